The predicted octanol–water partition coefficient (Wildman–Crippen LogP) is 2.33. The third-order valence-corrected chi connectivity index (χ3v) is 10.4. The van der Waals surface area contributed by atoms with Crippen molar-refractivity contribution >= 4 is 42.0 Å². The van der Waals surface area contributed by atoms with Crippen LogP contribution in [0.1, 0.15) is 46.4 Å². The maximum atomic E-state index is 13.8. The number of thioether (sulfide) groups is 1. The minimum atomic E-state index is -4.07. The van der Waals surface area contributed by atoms with E-state index in [0.29, 0.717) is 0 Å². The lowest BCUT2D eigenvalue weighted by Crippen LogP contribution is -2.43. The van der Waals surface area contributed by atoms with Gasteiger partial charge in [-0.05, 0) is 32.3 Å². The summed E-state index contributed by atoms with van der Waals surface area (Å²) in [4.78, 5) is 49.5. The number of carbonyl (C=O) groups is 2. The van der Waals surface area contributed by atoms with Crippen molar-refractivity contribution in [3.05, 3.63) is 69.0 Å². The second kappa shape index (κ2) is 16.3. The minimum Gasteiger partial charge on any atom is -0.388 e. The maximum Gasteiger partial charge on any atom is 0.405 e. The van der Waals surface area contributed by atoms with Gasteiger partial charge in [-0.2, -0.15) is 0 Å². The Bertz CT molecular complexity index is 1500. The number of benzene rings is 1. The quantitative estimate of drug-likeness (QED) is 0.106. The highest BCUT2D eigenvalue weighted by molar-refractivity contribution is 8.13. The third-order valence-electron chi connectivity index (χ3n) is 7.28. The highest BCUT2D eigenvalue weighted by Crippen LogP contribution is 2.47. The van der Waals surface area contributed by atoms with E-state index in [1.165, 1.54) is 13.1 Å². The van der Waals surface area contributed by atoms with Crippen molar-refractivity contribution in [3.63, 3.8) is 0 Å². The van der Waals surface area contributed by atoms with Gasteiger partial charge in [0, 0.05) is 24.6 Å². The van der Waals surface area contributed by atoms with Gasteiger partial charge in [0.1, 0.15) is 29.3 Å². The first-order chi connectivity index (χ1) is 21.5. The van der Waals surface area contributed by atoms with Crippen molar-refractivity contribution in [2.75, 3.05) is 25.6 Å². The lowest BCUT2D eigenvalue weighted by atomic mass is 10.0. The van der Waals surface area contributed by atoms with Crippen molar-refractivity contribution in [2.45, 2.75) is 76.1 Å². The molecule has 46 heavy (non-hydrogen) atoms. The summed E-state index contributed by atoms with van der Waals surface area (Å²) in [6, 6.07) is 9.48. The normalized spacial score (nSPS) is 23.7. The van der Waals surface area contributed by atoms with Gasteiger partial charge in [0.15, 0.2) is 12.0 Å². The molecule has 0 radical (unpaired) electrons. The highest BCUT2D eigenvalue weighted by Gasteiger charge is 2.54. The first kappa shape index (κ1) is 38.3. The Hall–Kier alpha value is -2.17. The fourth-order valence-electron chi connectivity index (χ4n) is 4.29. The Morgan fingerprint density at radius 1 is 1.24 bits per heavy atom. The zero-order chi connectivity index (χ0) is 34.3. The molecule has 5 N–H and O–H groups in total. The summed E-state index contributed by atoms with van der Waals surface area (Å²) >= 11 is 7.46. The summed E-state index contributed by atoms with van der Waals surface area (Å²) in [6.45, 7) is 7.34. The number of halogens is 1. The third kappa shape index (κ3) is 10.2. The van der Waals surface area contributed by atoms with E-state index < -0.39 is 60.6 Å². The van der Waals surface area contributed by atoms with E-state index in [-0.39, 0.29) is 42.3 Å². The average Bonchev–Trinajstić information content (AvgIpc) is 3.23. The molecule has 0 spiro atoms. The van der Waals surface area contributed by atoms with E-state index in [0.717, 1.165) is 28.0 Å². The Morgan fingerprint density at radius 2 is 1.91 bits per heavy atom. The molecule has 14 nitrogen and oxygen atoms in total. The van der Waals surface area contributed by atoms with Crippen LogP contribution in [0.15, 0.2) is 52.2 Å². The number of Topliss-reactive ketones (excluding diaryl/α,β-unsaturated/α-hetero) is 1. The van der Waals surface area contributed by atoms with Crippen LogP contribution in [-0.2, 0) is 39.2 Å². The number of aliphatic hydroxyl groups is 1. The zero-order valence-electron chi connectivity index (χ0n) is 26.3. The predicted molar refractivity (Wildman–Crippen MR) is 174 cm³/mol. The van der Waals surface area contributed by atoms with E-state index in [1.54, 1.807) is 13.8 Å². The van der Waals surface area contributed by atoms with E-state index in [2.05, 4.69) is 10.1 Å². The molecular weight excluding hydrogens is 663 g/mol. The van der Waals surface area contributed by atoms with Crippen molar-refractivity contribution in [2.24, 2.45) is 11.7 Å². The zero-order valence-corrected chi connectivity index (χ0v) is 28.8. The number of ether oxygens (including phenoxy) is 2. The molecule has 0 amide bonds. The molecular formula is C29H42ClN4O10PS. The number of aromatic nitrogens is 2. The fourth-order valence-corrected chi connectivity index (χ4v) is 6.78. The standard InChI is InChI=1S/C29H42ClN4O10PS/c1-18(2)23(31)20(35)16-41-28(3,4)26(38)46-14-13-42-45(40,32-15-19-9-7-6-8-10-19)43-17-21-24(37)29(5,30)25(44-21)34-12-11-22(36)33-27(34)39/h6-12,18,21,23-25,37H,13-17,31H2,1-5H3,(H,32,40)(H,33,36,39)/t21-,23-,24-,25-,29-,45+/m1/s1. The molecule has 0 aliphatic carbocycles. The summed E-state index contributed by atoms with van der Waals surface area (Å²) in [5.74, 6) is -0.306. The number of rotatable bonds is 17. The molecule has 1 fully saturated rings. The van der Waals surface area contributed by atoms with Gasteiger partial charge in [0.25, 0.3) is 5.56 Å². The number of aliphatic hydroxyl groups excluding tert-OH is 1. The van der Waals surface area contributed by atoms with Crippen LogP contribution in [0, 0.1) is 5.92 Å². The Labute approximate surface area is 276 Å². The van der Waals surface area contributed by atoms with Crippen molar-refractivity contribution in [1.82, 2.24) is 14.6 Å². The molecule has 0 bridgehead atoms. The molecule has 1 aliphatic heterocycles. The van der Waals surface area contributed by atoms with Gasteiger partial charge in [0.2, 0.25) is 5.12 Å². The van der Waals surface area contributed by atoms with Crippen LogP contribution < -0.4 is 22.1 Å². The Morgan fingerprint density at radius 3 is 2.54 bits per heavy atom. The largest absolute Gasteiger partial charge is 0.405 e. The van der Waals surface area contributed by atoms with Gasteiger partial charge in [0.05, 0.1) is 19.3 Å². The summed E-state index contributed by atoms with van der Waals surface area (Å²) in [7, 11) is -4.07. The van der Waals surface area contributed by atoms with Gasteiger partial charge in [-0.1, -0.05) is 55.9 Å². The smallest absolute Gasteiger partial charge is 0.388 e. The summed E-state index contributed by atoms with van der Waals surface area (Å²) in [5.41, 5.74) is 3.95. The number of aromatic amines is 1. The lowest BCUT2D eigenvalue weighted by Gasteiger charge is -2.26. The molecule has 6 atom stereocenters. The molecule has 1 aromatic carbocycles. The van der Waals surface area contributed by atoms with Crippen LogP contribution in [0.3, 0.4) is 0 Å². The highest BCUT2D eigenvalue weighted by atomic mass is 35.5. The number of nitrogens with zero attached hydrogens (tertiary/aromatic N) is 1. The number of ketones is 1. The minimum absolute atomic E-state index is 0.0699. The van der Waals surface area contributed by atoms with Crippen molar-refractivity contribution in [1.29, 1.82) is 0 Å². The van der Waals surface area contributed by atoms with Crippen LogP contribution >= 0.6 is 31.1 Å². The lowest BCUT2D eigenvalue weighted by molar-refractivity contribution is -0.139. The topological polar surface area (TPSA) is 201 Å². The summed E-state index contributed by atoms with van der Waals surface area (Å²) in [6.07, 6.45) is -2.51. The van der Waals surface area contributed by atoms with Crippen LogP contribution in [-0.4, -0.2) is 79.9 Å². The second-order valence-electron chi connectivity index (χ2n) is 11.8. The van der Waals surface area contributed by atoms with E-state index in [9.17, 15) is 28.8 Å². The van der Waals surface area contributed by atoms with Crippen LogP contribution in [0.25, 0.3) is 0 Å². The number of carbonyl (C=O) groups excluding carboxylic acids is 2. The Balaban J connectivity index is 1.63. The molecule has 1 saturated heterocycles. The molecule has 3 rings (SSSR count). The molecule has 2 heterocycles. The van der Waals surface area contributed by atoms with Gasteiger partial charge in [-0.3, -0.25) is 33.0 Å². The second-order valence-corrected chi connectivity index (χ2v) is 15.5. The number of nitrogens with one attached hydrogen (secondary N) is 2. The van der Waals surface area contributed by atoms with Crippen molar-refractivity contribution in [3.8, 4) is 0 Å². The van der Waals surface area contributed by atoms with Gasteiger partial charge >= 0.3 is 13.4 Å². The number of nitrogens with two attached hydrogens (primary N) is 1. The van der Waals surface area contributed by atoms with Crippen LogP contribution in [0.4, 0.5) is 0 Å². The molecule has 17 heteroatoms. The van der Waals surface area contributed by atoms with E-state index in [1.807, 2.05) is 44.2 Å². The number of hydrogen-bond acceptors (Lipinski definition) is 12. The molecule has 1 aromatic heterocycles. The molecule has 0 saturated carbocycles. The van der Waals surface area contributed by atoms with Gasteiger partial charge in [-0.25, -0.2) is 14.4 Å². The summed E-state index contributed by atoms with van der Waals surface area (Å²) in [5, 5.41) is 13.3. The van der Waals surface area contributed by atoms with Gasteiger partial charge in [-0.15, -0.1) is 11.6 Å². The van der Waals surface area contributed by atoms with Crippen LogP contribution in [0.5, 0.6) is 0 Å². The average molecular weight is 705 g/mol. The van der Waals surface area contributed by atoms with E-state index >= 15 is 0 Å². The first-order valence-electron chi connectivity index (χ1n) is 14.6. The van der Waals surface area contributed by atoms with E-state index in [4.69, 9.17) is 35.9 Å². The molecule has 0 unspecified atom stereocenters. The van der Waals surface area contributed by atoms with Gasteiger partial charge < -0.3 is 20.3 Å². The van der Waals surface area contributed by atoms with Crippen molar-refractivity contribution < 1.29 is 37.8 Å². The Kier molecular flexibility index (Phi) is 13.6. The summed E-state index contributed by atoms with van der Waals surface area (Å²) < 4.78 is 37.6. The SMILES string of the molecule is CC(C)[C@@H](N)C(=O)COC(C)(C)C(=O)SCCO[P@@](=O)(NCc1ccccc1)OC[C@H]1O[C@@H](n2ccc(=O)[nH]c2=O)[C@](C)(Cl)[C@@H]1O. The molecule has 1 aliphatic rings. The maximum absolute atomic E-state index is 13.8. The molecule has 2 aromatic rings. The monoisotopic (exact) mass is 704 g/mol. The van der Waals surface area contributed by atoms with Crippen LogP contribution in [0.2, 0.25) is 0 Å². The first-order valence-corrected chi connectivity index (χ1v) is 17.5. The molecule has 256 valence electrons. The number of alkyl halides is 1. The number of H-pyrrole nitrogens is 1. The number of hydrogen-bond donors (Lipinski definition) is 4. The fraction of sp³-hybridized carbons (Fsp3) is 0.586.